The van der Waals surface area contributed by atoms with E-state index in [4.69, 9.17) is 79.8 Å². The molecule has 0 spiro atoms. The molecule has 0 aliphatic carbocycles. The van der Waals surface area contributed by atoms with Crippen molar-refractivity contribution in [1.29, 1.82) is 0 Å². The average Bonchev–Trinajstić information content (AvgIpc) is 0.917. The third kappa shape index (κ3) is 26.3. The SMILES string of the molecule is CC(=O)OC[C@H]1O[C@@H](OC[C@@H](NC(=O)[C@H](CC(=O)O)NC(=O)CNC(=O)[C@H](CCCN=C(N)N)NC(=O)CNC(=O)[C@@H](N)[C@@H](C)O[C@@H]2O[C@H](COC(C)=O)[C@@H](OC(C)=O)[C@H](OC(C)=O)[C@H]2OC(C)=O)C(=O)N2CCC[C@H]2C(N)=O)[C@H](OC(C)=O)[C@@H](OC(C)=O)[C@@H]1OC(C)=O. The van der Waals surface area contributed by atoms with Crippen LogP contribution in [0, 0.1) is 0 Å². The molecule has 0 radical (unpaired) electrons. The Kier molecular flexibility index (Phi) is 31.8. The van der Waals surface area contributed by atoms with E-state index in [0.29, 0.717) is 0 Å². The molecule has 94 heavy (non-hydrogen) atoms. The second kappa shape index (κ2) is 37.9. The van der Waals surface area contributed by atoms with Crippen molar-refractivity contribution in [1.82, 2.24) is 31.5 Å². The Labute approximate surface area is 536 Å². The van der Waals surface area contributed by atoms with Gasteiger partial charge in [0.2, 0.25) is 41.4 Å². The van der Waals surface area contributed by atoms with Gasteiger partial charge >= 0.3 is 53.7 Å². The number of rotatable bonds is 34. The number of carboxylic acids is 1. The maximum Gasteiger partial charge on any atom is 0.305 e. The molecule has 0 aromatic rings. The van der Waals surface area contributed by atoms with Crippen LogP contribution in [0.2, 0.25) is 0 Å². The minimum Gasteiger partial charge on any atom is -0.481 e. The first-order chi connectivity index (χ1) is 44.0. The van der Waals surface area contributed by atoms with Crippen LogP contribution in [0.4, 0.5) is 0 Å². The number of aliphatic imine (C=N–C) groups is 1. The number of esters is 8. The summed E-state index contributed by atoms with van der Waals surface area (Å²) in [5.41, 5.74) is 22.6. The topological polar surface area (TPSA) is 584 Å². The highest BCUT2D eigenvalue weighted by molar-refractivity contribution is 5.97. The highest BCUT2D eigenvalue weighted by Crippen LogP contribution is 2.32. The summed E-state index contributed by atoms with van der Waals surface area (Å²) < 4.78 is 66.0. The summed E-state index contributed by atoms with van der Waals surface area (Å²) in [5, 5.41) is 21.1. The summed E-state index contributed by atoms with van der Waals surface area (Å²) in [6.45, 7) is 4.80. The smallest absolute Gasteiger partial charge is 0.305 e. The van der Waals surface area contributed by atoms with Crippen LogP contribution in [0.5, 0.6) is 0 Å². The van der Waals surface area contributed by atoms with Crippen LogP contribution in [0.25, 0.3) is 0 Å². The Morgan fingerprint density at radius 1 is 0.564 bits per heavy atom. The minimum atomic E-state index is -2.07. The molecular weight excluding hydrogens is 1270 g/mol. The lowest BCUT2D eigenvalue weighted by molar-refractivity contribution is -0.316. The van der Waals surface area contributed by atoms with E-state index < -0.39 is 232 Å². The first kappa shape index (κ1) is 78.8. The van der Waals surface area contributed by atoms with Gasteiger partial charge in [0, 0.05) is 68.5 Å². The highest BCUT2D eigenvalue weighted by Gasteiger charge is 2.55. The van der Waals surface area contributed by atoms with E-state index in [1.165, 1.54) is 6.92 Å². The molecule has 14 N–H and O–H groups in total. The molecule has 7 amide bonds. The Hall–Kier alpha value is -9.41. The van der Waals surface area contributed by atoms with E-state index in [9.17, 15) is 81.8 Å². The number of carboxylic acid groups (broad SMARTS) is 1. The van der Waals surface area contributed by atoms with Crippen LogP contribution in [-0.4, -0.2) is 255 Å². The molecular formula is C54H81N11O29. The van der Waals surface area contributed by atoms with E-state index in [-0.39, 0.29) is 44.7 Å². The quantitative estimate of drug-likeness (QED) is 0.00941. The number of primary amides is 1. The van der Waals surface area contributed by atoms with Gasteiger partial charge in [0.05, 0.1) is 32.2 Å². The van der Waals surface area contributed by atoms with Gasteiger partial charge in [0.25, 0.3) is 0 Å². The number of likely N-dealkylation sites (tertiary alicyclic amines) is 1. The molecule has 3 saturated heterocycles. The summed E-state index contributed by atoms with van der Waals surface area (Å²) in [4.78, 5) is 210. The average molecular weight is 1350 g/mol. The molecule has 3 fully saturated rings. The van der Waals surface area contributed by atoms with Gasteiger partial charge in [-0.3, -0.25) is 81.7 Å². The van der Waals surface area contributed by atoms with Gasteiger partial charge in [-0.25, -0.2) is 0 Å². The number of guanidine groups is 1. The van der Waals surface area contributed by atoms with Crippen molar-refractivity contribution in [2.75, 3.05) is 46.0 Å². The number of carbonyl (C=O) groups is 16. The summed E-state index contributed by atoms with van der Waals surface area (Å²) in [7, 11) is 0. The molecule has 0 aromatic carbocycles. The van der Waals surface area contributed by atoms with Crippen molar-refractivity contribution in [3.05, 3.63) is 0 Å². The molecule has 40 heteroatoms. The van der Waals surface area contributed by atoms with E-state index in [0.717, 1.165) is 60.3 Å². The highest BCUT2D eigenvalue weighted by atomic mass is 16.8. The van der Waals surface area contributed by atoms with Crippen molar-refractivity contribution in [2.24, 2.45) is 27.9 Å². The Morgan fingerprint density at radius 2 is 1.01 bits per heavy atom. The van der Waals surface area contributed by atoms with Crippen molar-refractivity contribution >= 4 is 101 Å². The summed E-state index contributed by atoms with van der Waals surface area (Å²) in [6.07, 6.45) is -19.2. The molecule has 3 rings (SSSR count). The second-order valence-electron chi connectivity index (χ2n) is 21.2. The molecule has 3 heterocycles. The maximum absolute atomic E-state index is 14.3. The summed E-state index contributed by atoms with van der Waals surface area (Å²) in [5.74, 6) is -17.2. The van der Waals surface area contributed by atoms with E-state index in [1.807, 2.05) is 0 Å². The number of nitrogens with two attached hydrogens (primary N) is 4. The third-order valence-electron chi connectivity index (χ3n) is 13.4. The van der Waals surface area contributed by atoms with Crippen LogP contribution in [0.3, 0.4) is 0 Å². The van der Waals surface area contributed by atoms with E-state index in [2.05, 4.69) is 31.6 Å². The molecule has 40 nitrogen and oxygen atoms in total. The number of hydrogen-bond acceptors (Lipinski definition) is 30. The second-order valence-corrected chi connectivity index (χ2v) is 21.2. The molecule has 16 atom stereocenters. The molecule has 0 unspecified atom stereocenters. The van der Waals surface area contributed by atoms with Gasteiger partial charge < -0.3 is 116 Å². The van der Waals surface area contributed by atoms with Gasteiger partial charge in [0.15, 0.2) is 55.2 Å². The van der Waals surface area contributed by atoms with Gasteiger partial charge in [-0.2, -0.15) is 0 Å². The lowest BCUT2D eigenvalue weighted by atomic mass is 9.98. The standard InChI is InChI=1S/C54H81N11O29/c1-22(86-53-46(92-30(9)73)44(90-28(7)71)42(88-26(5)69)36(94-53)21-84-24(3)67)40(55)50(81)61-18-37(74)62-31(12-10-14-59-54(57)58)48(79)60-17-38(75)63-32(16-39(76)77)49(80)64-33(51(82)65-15-11-13-34(65)47(56)78)19-85-52-45(91-29(8)72)43(89-27(6)70)41(87-25(4)68)35(93-52)20-83-23(2)66/h22,31-36,40-46,52-53H,10-21,55H2,1-9H3,(H2,56,78)(H,60,79)(H,61,81)(H,62,74)(H,63,75)(H,64,80)(H,76,77)(H4,57,58,59)/t22-,31+,32+,33-,34+,35-,36-,40+,41-,42-,43+,44+,45-,46-,52-,53-/m1/s1. The fourth-order valence-electron chi connectivity index (χ4n) is 9.52. The monoisotopic (exact) mass is 1350 g/mol. The normalized spacial score (nSPS) is 23.8. The number of nitrogens with zero attached hydrogens (tertiary/aromatic N) is 2. The van der Waals surface area contributed by atoms with E-state index in [1.54, 1.807) is 0 Å². The zero-order valence-electron chi connectivity index (χ0n) is 52.8. The van der Waals surface area contributed by atoms with Gasteiger partial charge in [0.1, 0.15) is 55.6 Å². The van der Waals surface area contributed by atoms with Crippen LogP contribution < -0.4 is 49.5 Å². The van der Waals surface area contributed by atoms with Crippen molar-refractivity contribution in [3.8, 4) is 0 Å². The van der Waals surface area contributed by atoms with Gasteiger partial charge in [-0.05, 0) is 32.6 Å². The first-order valence-electron chi connectivity index (χ1n) is 28.9. The predicted octanol–water partition coefficient (Wildman–Crippen LogP) is -7.41. The van der Waals surface area contributed by atoms with Gasteiger partial charge in [-0.1, -0.05) is 0 Å². The summed E-state index contributed by atoms with van der Waals surface area (Å²) >= 11 is 0. The number of ether oxygens (including phenoxy) is 12. The number of aliphatic carboxylic acids is 1. The Morgan fingerprint density at radius 3 is 1.47 bits per heavy atom. The minimum absolute atomic E-state index is 0.00356. The lowest BCUT2D eigenvalue weighted by Crippen LogP contribution is -2.64. The van der Waals surface area contributed by atoms with Crippen molar-refractivity contribution in [3.63, 3.8) is 0 Å². The number of hydrogen-bond donors (Lipinski definition) is 10. The lowest BCUT2D eigenvalue weighted by Gasteiger charge is -2.44. The summed E-state index contributed by atoms with van der Waals surface area (Å²) in [6, 6.07) is -8.47. The fourth-order valence-corrected chi connectivity index (χ4v) is 9.52. The maximum atomic E-state index is 14.3. The zero-order chi connectivity index (χ0) is 70.8. The molecule has 0 bridgehead atoms. The van der Waals surface area contributed by atoms with Crippen LogP contribution >= 0.6 is 0 Å². The molecule has 0 aromatic heterocycles. The number of amides is 7. The predicted molar refractivity (Wildman–Crippen MR) is 306 cm³/mol. The van der Waals surface area contributed by atoms with Gasteiger partial charge in [-0.15, -0.1) is 0 Å². The molecule has 3 aliphatic heterocycles. The van der Waals surface area contributed by atoms with E-state index >= 15 is 0 Å². The first-order valence-corrected chi connectivity index (χ1v) is 28.9. The Balaban J connectivity index is 1.84. The van der Waals surface area contributed by atoms with Crippen molar-refractivity contribution < 1.29 is 139 Å². The number of nitrogens with one attached hydrogen (secondary N) is 5. The molecule has 3 aliphatic rings. The molecule has 0 saturated carbocycles. The number of carbonyl (C=O) groups excluding carboxylic acids is 15. The van der Waals surface area contributed by atoms with Crippen LogP contribution in [0.15, 0.2) is 4.99 Å². The largest absolute Gasteiger partial charge is 0.481 e. The van der Waals surface area contributed by atoms with Crippen LogP contribution in [-0.2, 0) is 134 Å². The third-order valence-corrected chi connectivity index (χ3v) is 13.4. The molecule has 526 valence electrons. The zero-order valence-corrected chi connectivity index (χ0v) is 52.8. The van der Waals surface area contributed by atoms with Crippen molar-refractivity contribution in [2.45, 2.75) is 192 Å². The Bertz CT molecular complexity index is 2820. The fraction of sp³-hybridized carbons (Fsp3) is 0.685. The van der Waals surface area contributed by atoms with Crippen LogP contribution in [0.1, 0.15) is 94.4 Å².